The lowest BCUT2D eigenvalue weighted by atomic mass is 9.91. The van der Waals surface area contributed by atoms with Gasteiger partial charge in [0.25, 0.3) is 0 Å². The fourth-order valence-corrected chi connectivity index (χ4v) is 3.82. The smallest absolute Gasteiger partial charge is 0.364 e. The molecule has 38 heavy (non-hydrogen) atoms. The molecule has 1 unspecified atom stereocenters. The predicted octanol–water partition coefficient (Wildman–Crippen LogP) is 8.65. The number of hydrogen-bond acceptors (Lipinski definition) is 3. The van der Waals surface area contributed by atoms with E-state index in [9.17, 15) is 36.0 Å². The highest BCUT2D eigenvalue weighted by atomic mass is 19.4. The zero-order valence-electron chi connectivity index (χ0n) is 20.2. The van der Waals surface area contributed by atoms with E-state index in [1.807, 2.05) is 6.07 Å². The zero-order valence-corrected chi connectivity index (χ0v) is 20.2. The molecule has 0 saturated heterocycles. The first-order valence-electron chi connectivity index (χ1n) is 11.2. The first-order chi connectivity index (χ1) is 17.9. The molecule has 1 atom stereocenters. The van der Waals surface area contributed by atoms with E-state index in [4.69, 9.17) is 4.74 Å². The van der Waals surface area contributed by atoms with Crippen molar-refractivity contribution in [1.82, 2.24) is 0 Å². The Morgan fingerprint density at radius 2 is 1.63 bits per heavy atom. The van der Waals surface area contributed by atoms with Gasteiger partial charge in [0.15, 0.2) is 0 Å². The van der Waals surface area contributed by atoms with E-state index in [-0.39, 0.29) is 28.9 Å². The fraction of sp³-hybridized carbons (Fsp3) is 0.214. The van der Waals surface area contributed by atoms with Crippen LogP contribution in [0, 0.1) is 17.1 Å². The summed E-state index contributed by atoms with van der Waals surface area (Å²) in [5, 5.41) is 9.58. The van der Waals surface area contributed by atoms with E-state index >= 15 is 0 Å². The highest BCUT2D eigenvalue weighted by Crippen LogP contribution is 2.40. The average molecular weight is 534 g/mol. The van der Waals surface area contributed by atoms with E-state index in [0.717, 1.165) is 12.1 Å². The maximum absolute atomic E-state index is 14.0. The molecule has 0 N–H and O–H groups in total. The zero-order chi connectivity index (χ0) is 28.1. The van der Waals surface area contributed by atoms with Crippen molar-refractivity contribution in [1.29, 1.82) is 5.26 Å². The molecule has 3 aromatic carbocycles. The first-order valence-corrected chi connectivity index (χ1v) is 11.2. The van der Waals surface area contributed by atoms with E-state index in [2.05, 4.69) is 4.99 Å². The number of rotatable bonds is 7. The van der Waals surface area contributed by atoms with Crippen LogP contribution in [0.15, 0.2) is 77.4 Å². The molecule has 198 valence electrons. The van der Waals surface area contributed by atoms with Crippen LogP contribution in [-0.4, -0.2) is 6.21 Å². The summed E-state index contributed by atoms with van der Waals surface area (Å²) in [4.78, 5) is 4.03. The summed E-state index contributed by atoms with van der Waals surface area (Å²) in [5.74, 6) is -1.46. The molecule has 3 aromatic rings. The van der Waals surface area contributed by atoms with Gasteiger partial charge in [-0.05, 0) is 66.4 Å². The summed E-state index contributed by atoms with van der Waals surface area (Å²) in [6.07, 6.45) is -7.49. The van der Waals surface area contributed by atoms with Crippen LogP contribution in [0.25, 0.3) is 11.1 Å². The van der Waals surface area contributed by atoms with Crippen molar-refractivity contribution in [3.8, 4) is 17.2 Å². The summed E-state index contributed by atoms with van der Waals surface area (Å²) in [5.41, 5.74) is -1.51. The molecular weight excluding hydrogens is 513 g/mol. The van der Waals surface area contributed by atoms with E-state index in [1.165, 1.54) is 48.8 Å². The van der Waals surface area contributed by atoms with Crippen molar-refractivity contribution in [3.05, 3.63) is 106 Å². The Bertz CT molecular complexity index is 1400. The van der Waals surface area contributed by atoms with Gasteiger partial charge in [-0.2, -0.15) is 31.6 Å². The van der Waals surface area contributed by atoms with Crippen LogP contribution in [0.3, 0.4) is 0 Å². The summed E-state index contributed by atoms with van der Waals surface area (Å²) < 4.78 is 99.8. The maximum Gasteiger partial charge on any atom is 0.419 e. The molecule has 10 heteroatoms. The van der Waals surface area contributed by atoms with Crippen molar-refractivity contribution in [3.63, 3.8) is 0 Å². The third-order valence-corrected chi connectivity index (χ3v) is 5.59. The first kappa shape index (κ1) is 28.6. The fourth-order valence-electron chi connectivity index (χ4n) is 3.82. The number of ether oxygens (including phenoxy) is 1. The van der Waals surface area contributed by atoms with Gasteiger partial charge >= 0.3 is 12.4 Å². The van der Waals surface area contributed by atoms with E-state index in [1.54, 1.807) is 13.8 Å². The van der Waals surface area contributed by atoms with Crippen molar-refractivity contribution in [2.24, 2.45) is 4.99 Å². The van der Waals surface area contributed by atoms with Crippen LogP contribution < -0.4 is 0 Å². The van der Waals surface area contributed by atoms with Gasteiger partial charge in [-0.15, -0.1) is 0 Å². The number of hydrogen-bond donors (Lipinski definition) is 0. The van der Waals surface area contributed by atoms with Gasteiger partial charge < -0.3 is 4.74 Å². The number of nitrogens with zero attached hydrogens (tertiary/aromatic N) is 2. The molecule has 0 bridgehead atoms. The molecule has 0 aliphatic carbocycles. The molecule has 0 fully saturated rings. The Hall–Kier alpha value is -3.97. The Morgan fingerprint density at radius 3 is 2.24 bits per heavy atom. The lowest BCUT2D eigenvalue weighted by Crippen LogP contribution is -2.10. The van der Waals surface area contributed by atoms with Crippen molar-refractivity contribution < 1.29 is 35.5 Å². The molecule has 0 heterocycles. The lowest BCUT2D eigenvalue weighted by molar-refractivity contribution is -0.140. The Balaban J connectivity index is 2.06. The molecular formula is C28H21F7N2O. The molecule has 3 nitrogen and oxygen atoms in total. The van der Waals surface area contributed by atoms with E-state index < -0.39 is 35.4 Å². The minimum atomic E-state index is -4.85. The monoisotopic (exact) mass is 534 g/mol. The second-order valence-electron chi connectivity index (χ2n) is 8.24. The van der Waals surface area contributed by atoms with Crippen molar-refractivity contribution >= 4 is 6.21 Å². The van der Waals surface area contributed by atoms with Crippen LogP contribution in [-0.2, 0) is 23.7 Å². The SMILES string of the molecule is CC=N/C=C(\C)C(OCc1ccc(C(F)(F)F)c(F)c1)c1ccc(C#N)c(-c2ccccc2C(F)(F)F)c1. The topological polar surface area (TPSA) is 45.4 Å². The normalized spacial score (nSPS) is 13.5. The third kappa shape index (κ3) is 6.66. The minimum absolute atomic E-state index is 0.00206. The Kier molecular flexibility index (Phi) is 8.74. The van der Waals surface area contributed by atoms with Crippen LogP contribution in [0.4, 0.5) is 30.7 Å². The number of alkyl halides is 6. The second-order valence-corrected chi connectivity index (χ2v) is 8.24. The van der Waals surface area contributed by atoms with Gasteiger partial charge in [0.1, 0.15) is 11.9 Å². The summed E-state index contributed by atoms with van der Waals surface area (Å²) >= 11 is 0. The molecule has 0 aliphatic heterocycles. The highest BCUT2D eigenvalue weighted by molar-refractivity contribution is 5.74. The van der Waals surface area contributed by atoms with Crippen LogP contribution in [0.1, 0.15) is 47.8 Å². The maximum atomic E-state index is 14.0. The van der Waals surface area contributed by atoms with Gasteiger partial charge in [-0.1, -0.05) is 30.3 Å². The third-order valence-electron chi connectivity index (χ3n) is 5.59. The Morgan fingerprint density at radius 1 is 0.947 bits per heavy atom. The second kappa shape index (κ2) is 11.6. The number of benzene rings is 3. The molecule has 0 aliphatic rings. The van der Waals surface area contributed by atoms with Crippen molar-refractivity contribution in [2.75, 3.05) is 0 Å². The van der Waals surface area contributed by atoms with Crippen molar-refractivity contribution in [2.45, 2.75) is 38.9 Å². The van der Waals surface area contributed by atoms with Crippen LogP contribution in [0.5, 0.6) is 0 Å². The summed E-state index contributed by atoms with van der Waals surface area (Å²) in [7, 11) is 0. The summed E-state index contributed by atoms with van der Waals surface area (Å²) in [6.45, 7) is 3.00. The number of halogens is 7. The van der Waals surface area contributed by atoms with Gasteiger partial charge in [0.2, 0.25) is 0 Å². The number of aliphatic imine (C=N–C) groups is 1. The molecule has 0 aromatic heterocycles. The largest absolute Gasteiger partial charge is 0.419 e. The highest BCUT2D eigenvalue weighted by Gasteiger charge is 2.35. The molecule has 0 spiro atoms. The Labute approximate surface area is 214 Å². The molecule has 0 radical (unpaired) electrons. The number of nitriles is 1. The standard InChI is InChI=1S/C28H21F7N2O/c1-3-37-15-17(2)26(38-16-18-8-11-24(25(29)12-18)28(33,34)35)19-9-10-20(14-36)22(13-19)21-6-4-5-7-23(21)27(30,31)32/h3-13,15,26H,16H2,1-2H3/b17-15+,37-3?. The lowest BCUT2D eigenvalue weighted by Gasteiger charge is -2.21. The van der Waals surface area contributed by atoms with Gasteiger partial charge in [-0.25, -0.2) is 4.39 Å². The quantitative estimate of drug-likeness (QED) is 0.225. The summed E-state index contributed by atoms with van der Waals surface area (Å²) in [6, 6.07) is 13.4. The van der Waals surface area contributed by atoms with E-state index in [0.29, 0.717) is 23.3 Å². The molecule has 0 saturated carbocycles. The molecule has 0 amide bonds. The predicted molar refractivity (Wildman–Crippen MR) is 128 cm³/mol. The molecule has 3 rings (SSSR count). The van der Waals surface area contributed by atoms with Gasteiger partial charge in [0.05, 0.1) is 29.4 Å². The van der Waals surface area contributed by atoms with Gasteiger partial charge in [0, 0.05) is 18.0 Å². The van der Waals surface area contributed by atoms with Crippen LogP contribution >= 0.6 is 0 Å². The average Bonchev–Trinajstić information content (AvgIpc) is 2.86. The minimum Gasteiger partial charge on any atom is -0.364 e. The van der Waals surface area contributed by atoms with Crippen LogP contribution in [0.2, 0.25) is 0 Å². The van der Waals surface area contributed by atoms with Gasteiger partial charge in [-0.3, -0.25) is 4.99 Å².